The number of carbonyl (C=O) groups excluding carboxylic acids is 2. The third kappa shape index (κ3) is 6.81. The summed E-state index contributed by atoms with van der Waals surface area (Å²) in [7, 11) is 0. The average Bonchev–Trinajstić information content (AvgIpc) is 2.70. The molecular weight excluding hydrogens is 395 g/mol. The molecular formula is C21H24ClFN4O2. The first-order chi connectivity index (χ1) is 14.0. The molecule has 0 radical (unpaired) electrons. The Labute approximate surface area is 174 Å². The van der Waals surface area contributed by atoms with Gasteiger partial charge in [-0.1, -0.05) is 48.0 Å². The van der Waals surface area contributed by atoms with Gasteiger partial charge in [0.2, 0.25) is 5.91 Å². The van der Waals surface area contributed by atoms with E-state index < -0.39 is 6.03 Å². The van der Waals surface area contributed by atoms with E-state index in [0.717, 1.165) is 24.2 Å². The number of amides is 3. The number of benzene rings is 2. The topological polar surface area (TPSA) is 64.7 Å². The normalized spacial score (nSPS) is 15.1. The lowest BCUT2D eigenvalue weighted by molar-refractivity contribution is -0.121. The second-order valence-electron chi connectivity index (χ2n) is 7.00. The second-order valence-corrected chi connectivity index (χ2v) is 7.41. The van der Waals surface area contributed by atoms with Crippen molar-refractivity contribution in [3.8, 4) is 0 Å². The zero-order valence-corrected chi connectivity index (χ0v) is 16.8. The number of nitrogens with zero attached hydrogens (tertiary/aromatic N) is 2. The number of hydrogen-bond acceptors (Lipinski definition) is 4. The van der Waals surface area contributed by atoms with Crippen LogP contribution in [-0.4, -0.2) is 54.5 Å². The standard InChI is InChI=1S/C21H24ClFN4O2/c22-19-12-18(23)7-6-17(19)14-26-8-10-27(11-9-26)15-20(28)25-21(29)24-13-16-4-2-1-3-5-16/h1-7,12H,8-11,13-15H2,(H2,24,25,28,29). The van der Waals surface area contributed by atoms with Crippen LogP contribution in [0, 0.1) is 5.82 Å². The lowest BCUT2D eigenvalue weighted by Crippen LogP contribution is -2.50. The highest BCUT2D eigenvalue weighted by atomic mass is 35.5. The maximum absolute atomic E-state index is 13.2. The van der Waals surface area contributed by atoms with Crippen molar-refractivity contribution in [2.75, 3.05) is 32.7 Å². The van der Waals surface area contributed by atoms with Crippen molar-refractivity contribution < 1.29 is 14.0 Å². The first kappa shape index (κ1) is 21.2. The van der Waals surface area contributed by atoms with Gasteiger partial charge in [-0.15, -0.1) is 0 Å². The van der Waals surface area contributed by atoms with Crippen LogP contribution in [0.2, 0.25) is 5.02 Å². The van der Waals surface area contributed by atoms with E-state index in [4.69, 9.17) is 11.6 Å². The molecule has 1 heterocycles. The predicted octanol–water partition coefficient (Wildman–Crippen LogP) is 2.62. The van der Waals surface area contributed by atoms with Crippen LogP contribution < -0.4 is 10.6 Å². The van der Waals surface area contributed by atoms with E-state index in [1.165, 1.54) is 12.1 Å². The maximum atomic E-state index is 13.2. The highest BCUT2D eigenvalue weighted by molar-refractivity contribution is 6.31. The summed E-state index contributed by atoms with van der Waals surface area (Å²) in [5.74, 6) is -0.673. The molecule has 1 fully saturated rings. The summed E-state index contributed by atoms with van der Waals surface area (Å²) in [6.45, 7) is 4.12. The Bertz CT molecular complexity index is 842. The lowest BCUT2D eigenvalue weighted by Gasteiger charge is -2.34. The number of carbonyl (C=O) groups is 2. The molecule has 6 nitrogen and oxygen atoms in total. The number of hydrogen-bond donors (Lipinski definition) is 2. The van der Waals surface area contributed by atoms with Crippen molar-refractivity contribution in [1.82, 2.24) is 20.4 Å². The van der Waals surface area contributed by atoms with E-state index in [0.29, 0.717) is 31.2 Å². The minimum Gasteiger partial charge on any atom is -0.334 e. The summed E-state index contributed by atoms with van der Waals surface area (Å²) in [4.78, 5) is 28.2. The van der Waals surface area contributed by atoms with E-state index in [1.54, 1.807) is 6.07 Å². The molecule has 1 aliphatic heterocycles. The van der Waals surface area contributed by atoms with Gasteiger partial charge < -0.3 is 5.32 Å². The van der Waals surface area contributed by atoms with E-state index in [2.05, 4.69) is 15.5 Å². The van der Waals surface area contributed by atoms with Crippen molar-refractivity contribution in [2.45, 2.75) is 13.1 Å². The Kier molecular flexibility index (Phi) is 7.57. The third-order valence-electron chi connectivity index (χ3n) is 4.79. The van der Waals surface area contributed by atoms with Crippen LogP contribution in [0.3, 0.4) is 0 Å². The summed E-state index contributed by atoms with van der Waals surface area (Å²) in [6.07, 6.45) is 0. The predicted molar refractivity (Wildman–Crippen MR) is 110 cm³/mol. The van der Waals surface area contributed by atoms with Crippen molar-refractivity contribution >= 4 is 23.5 Å². The van der Waals surface area contributed by atoms with Crippen molar-refractivity contribution in [3.05, 3.63) is 70.5 Å². The molecule has 0 unspecified atom stereocenters. The second kappa shape index (κ2) is 10.3. The lowest BCUT2D eigenvalue weighted by atomic mass is 10.2. The van der Waals surface area contributed by atoms with E-state index in [9.17, 15) is 14.0 Å². The molecule has 1 aliphatic rings. The highest BCUT2D eigenvalue weighted by Gasteiger charge is 2.20. The average molecular weight is 419 g/mol. The smallest absolute Gasteiger partial charge is 0.321 e. The van der Waals surface area contributed by atoms with E-state index >= 15 is 0 Å². The molecule has 0 saturated carbocycles. The highest BCUT2D eigenvalue weighted by Crippen LogP contribution is 2.19. The van der Waals surface area contributed by atoms with Crippen LogP contribution in [-0.2, 0) is 17.9 Å². The number of nitrogens with one attached hydrogen (secondary N) is 2. The minimum absolute atomic E-state index is 0.171. The molecule has 2 aromatic carbocycles. The third-order valence-corrected chi connectivity index (χ3v) is 5.14. The first-order valence-corrected chi connectivity index (χ1v) is 9.87. The fourth-order valence-corrected chi connectivity index (χ4v) is 3.41. The SMILES string of the molecule is O=C(CN1CCN(Cc2ccc(F)cc2Cl)CC1)NC(=O)NCc1ccccc1. The molecule has 0 aromatic heterocycles. The first-order valence-electron chi connectivity index (χ1n) is 9.50. The summed E-state index contributed by atoms with van der Waals surface area (Å²) in [5, 5.41) is 5.46. The molecule has 2 aromatic rings. The number of rotatable bonds is 6. The fourth-order valence-electron chi connectivity index (χ4n) is 3.19. The molecule has 3 amide bonds. The van der Waals surface area contributed by atoms with E-state index in [1.807, 2.05) is 35.2 Å². The molecule has 0 bridgehead atoms. The molecule has 0 aliphatic carbocycles. The maximum Gasteiger partial charge on any atom is 0.321 e. The Morgan fingerprint density at radius 2 is 1.69 bits per heavy atom. The summed E-state index contributed by atoms with van der Waals surface area (Å²) in [5.41, 5.74) is 1.85. The quantitative estimate of drug-likeness (QED) is 0.757. The number of halogens is 2. The van der Waals surface area contributed by atoms with Gasteiger partial charge in [-0.25, -0.2) is 9.18 Å². The Morgan fingerprint density at radius 3 is 2.38 bits per heavy atom. The molecule has 1 saturated heterocycles. The molecule has 8 heteroatoms. The molecule has 3 rings (SSSR count). The summed E-state index contributed by atoms with van der Waals surface area (Å²) in [6, 6.07) is 13.4. The van der Waals surface area contributed by atoms with Gasteiger partial charge in [0.1, 0.15) is 5.82 Å². The van der Waals surface area contributed by atoms with Crippen LogP contribution >= 0.6 is 11.6 Å². The largest absolute Gasteiger partial charge is 0.334 e. The molecule has 29 heavy (non-hydrogen) atoms. The zero-order chi connectivity index (χ0) is 20.6. The Morgan fingerprint density at radius 1 is 1.00 bits per heavy atom. The van der Waals surface area contributed by atoms with Crippen LogP contribution in [0.4, 0.5) is 9.18 Å². The van der Waals surface area contributed by atoms with Crippen LogP contribution in [0.5, 0.6) is 0 Å². The van der Waals surface area contributed by atoms with Gasteiger partial charge in [-0.2, -0.15) is 0 Å². The minimum atomic E-state index is -0.497. The van der Waals surface area contributed by atoms with Crippen molar-refractivity contribution in [2.24, 2.45) is 0 Å². The number of imide groups is 1. The van der Waals surface area contributed by atoms with Crippen molar-refractivity contribution in [3.63, 3.8) is 0 Å². The van der Waals surface area contributed by atoms with Gasteiger partial charge in [0.15, 0.2) is 0 Å². The fraction of sp³-hybridized carbons (Fsp3) is 0.333. The van der Waals surface area contributed by atoms with Crippen LogP contribution in [0.25, 0.3) is 0 Å². The molecule has 154 valence electrons. The van der Waals surface area contributed by atoms with E-state index in [-0.39, 0.29) is 18.3 Å². The number of urea groups is 1. The van der Waals surface area contributed by atoms with Gasteiger partial charge in [0, 0.05) is 44.3 Å². The Hall–Kier alpha value is -2.48. The van der Waals surface area contributed by atoms with Gasteiger partial charge in [0.25, 0.3) is 0 Å². The van der Waals surface area contributed by atoms with Crippen LogP contribution in [0.15, 0.2) is 48.5 Å². The van der Waals surface area contributed by atoms with Gasteiger partial charge in [0.05, 0.1) is 6.54 Å². The van der Waals surface area contributed by atoms with Crippen molar-refractivity contribution in [1.29, 1.82) is 0 Å². The number of piperazine rings is 1. The van der Waals surface area contributed by atoms with Gasteiger partial charge in [-0.05, 0) is 23.3 Å². The van der Waals surface area contributed by atoms with Gasteiger partial charge in [-0.3, -0.25) is 19.9 Å². The summed E-state index contributed by atoms with van der Waals surface area (Å²) >= 11 is 6.09. The van der Waals surface area contributed by atoms with Crippen LogP contribution in [0.1, 0.15) is 11.1 Å². The monoisotopic (exact) mass is 418 g/mol. The van der Waals surface area contributed by atoms with Gasteiger partial charge >= 0.3 is 6.03 Å². The zero-order valence-electron chi connectivity index (χ0n) is 16.0. The molecule has 0 spiro atoms. The summed E-state index contributed by atoms with van der Waals surface area (Å²) < 4.78 is 13.2. The molecule has 0 atom stereocenters. The molecule has 2 N–H and O–H groups in total. The Balaban J connectivity index is 1.36.